The zero-order valence-electron chi connectivity index (χ0n) is 8.93. The van der Waals surface area contributed by atoms with Gasteiger partial charge >= 0.3 is 0 Å². The Kier molecular flexibility index (Phi) is 3.17. The summed E-state index contributed by atoms with van der Waals surface area (Å²) in [6.07, 6.45) is 0.906. The molecule has 1 aromatic carbocycles. The van der Waals surface area contributed by atoms with Gasteiger partial charge in [0.1, 0.15) is 0 Å². The van der Waals surface area contributed by atoms with E-state index in [-0.39, 0.29) is 16.5 Å². The van der Waals surface area contributed by atoms with Crippen molar-refractivity contribution in [3.63, 3.8) is 0 Å². The molecule has 88 valence electrons. The topological polar surface area (TPSA) is 20.2 Å². The highest BCUT2D eigenvalue weighted by Gasteiger charge is 2.27. The zero-order chi connectivity index (χ0) is 11.9. The van der Waals surface area contributed by atoms with Crippen LogP contribution in [0.5, 0.6) is 0 Å². The molecule has 1 nitrogen and oxygen atoms in total. The van der Waals surface area contributed by atoms with Crippen LogP contribution in [0.15, 0.2) is 6.07 Å². The van der Waals surface area contributed by atoms with E-state index in [4.69, 9.17) is 11.6 Å². The number of hydrogen-bond donors (Lipinski definition) is 1. The van der Waals surface area contributed by atoms with Crippen LogP contribution in [0, 0.1) is 17.6 Å². The lowest BCUT2D eigenvalue weighted by Crippen LogP contribution is -2.06. The first-order valence-electron chi connectivity index (χ1n) is 5.35. The Labute approximate surface area is 98.0 Å². The molecule has 0 heterocycles. The van der Waals surface area contributed by atoms with Crippen LogP contribution in [-0.4, -0.2) is 5.11 Å². The molecule has 0 saturated carbocycles. The van der Waals surface area contributed by atoms with E-state index in [0.717, 1.165) is 12.5 Å². The fourth-order valence-corrected chi connectivity index (χ4v) is 2.55. The first-order valence-corrected chi connectivity index (χ1v) is 5.72. The summed E-state index contributed by atoms with van der Waals surface area (Å²) in [5.74, 6) is -1.67. The minimum atomic E-state index is -0.989. The summed E-state index contributed by atoms with van der Waals surface area (Å²) in [5.41, 5.74) is 0.603. The quantitative estimate of drug-likeness (QED) is 0.548. The lowest BCUT2D eigenvalue weighted by Gasteiger charge is -2.15. The largest absolute Gasteiger partial charge is 0.388 e. The monoisotopic (exact) mass is 246 g/mol. The highest BCUT2D eigenvalue weighted by atomic mass is 35.5. The fraction of sp³-hybridized carbons (Fsp3) is 0.500. The van der Waals surface area contributed by atoms with Gasteiger partial charge in [-0.25, -0.2) is 8.78 Å². The molecular weight excluding hydrogens is 234 g/mol. The van der Waals surface area contributed by atoms with Crippen molar-refractivity contribution < 1.29 is 13.9 Å². The van der Waals surface area contributed by atoms with Crippen molar-refractivity contribution in [2.24, 2.45) is 5.92 Å². The first kappa shape index (κ1) is 11.8. The van der Waals surface area contributed by atoms with Crippen LogP contribution in [0.3, 0.4) is 0 Å². The molecule has 1 aliphatic carbocycles. The van der Waals surface area contributed by atoms with Gasteiger partial charge in [0.25, 0.3) is 0 Å². The number of rotatable bonds is 0. The Morgan fingerprint density at radius 3 is 2.81 bits per heavy atom. The van der Waals surface area contributed by atoms with Gasteiger partial charge in [-0.2, -0.15) is 0 Å². The van der Waals surface area contributed by atoms with Crippen LogP contribution in [0.4, 0.5) is 8.78 Å². The van der Waals surface area contributed by atoms with E-state index < -0.39 is 17.7 Å². The molecule has 2 unspecified atom stereocenters. The van der Waals surface area contributed by atoms with Gasteiger partial charge < -0.3 is 5.11 Å². The standard InChI is InChI=1S/C12H13ClF2O/c1-6-2-3-7-8(13)5-9(14)12(15)11(7)10(16)4-6/h5-6,10,16H,2-4H2,1H3. The molecule has 1 aromatic rings. The normalized spacial score (nSPS) is 25.1. The number of fused-ring (bicyclic) bond motifs is 1. The van der Waals surface area contributed by atoms with Gasteiger partial charge in [-0.15, -0.1) is 0 Å². The molecule has 1 aliphatic rings. The Morgan fingerprint density at radius 2 is 2.12 bits per heavy atom. The molecule has 2 rings (SSSR count). The number of aliphatic hydroxyl groups is 1. The predicted octanol–water partition coefficient (Wildman–Crippen LogP) is 3.62. The molecule has 0 aliphatic heterocycles. The molecule has 2 atom stereocenters. The van der Waals surface area contributed by atoms with E-state index in [1.165, 1.54) is 0 Å². The van der Waals surface area contributed by atoms with Crippen LogP contribution in [0.25, 0.3) is 0 Å². The SMILES string of the molecule is CC1CCc2c(Cl)cc(F)c(F)c2C(O)C1. The van der Waals surface area contributed by atoms with Crippen molar-refractivity contribution in [1.29, 1.82) is 0 Å². The molecule has 0 bridgehead atoms. The molecule has 0 aromatic heterocycles. The van der Waals surface area contributed by atoms with Crippen molar-refractivity contribution in [2.75, 3.05) is 0 Å². The molecular formula is C12H13ClF2O. The van der Waals surface area contributed by atoms with Gasteiger partial charge in [0.2, 0.25) is 0 Å². The lowest BCUT2D eigenvalue weighted by molar-refractivity contribution is 0.145. The number of hydrogen-bond acceptors (Lipinski definition) is 1. The van der Waals surface area contributed by atoms with Crippen molar-refractivity contribution >= 4 is 11.6 Å². The van der Waals surface area contributed by atoms with E-state index in [1.54, 1.807) is 0 Å². The van der Waals surface area contributed by atoms with E-state index in [9.17, 15) is 13.9 Å². The van der Waals surface area contributed by atoms with Crippen molar-refractivity contribution in [3.05, 3.63) is 33.9 Å². The summed E-state index contributed by atoms with van der Waals surface area (Å²) >= 11 is 5.89. The van der Waals surface area contributed by atoms with Crippen LogP contribution >= 0.6 is 11.6 Å². The molecule has 4 heteroatoms. The van der Waals surface area contributed by atoms with Crippen LogP contribution in [0.1, 0.15) is 37.0 Å². The van der Waals surface area contributed by atoms with E-state index in [0.29, 0.717) is 18.4 Å². The van der Waals surface area contributed by atoms with Gasteiger partial charge in [-0.05, 0) is 36.8 Å². The minimum Gasteiger partial charge on any atom is -0.388 e. The smallest absolute Gasteiger partial charge is 0.164 e. The number of benzene rings is 1. The lowest BCUT2D eigenvalue weighted by atomic mass is 9.99. The summed E-state index contributed by atoms with van der Waals surface area (Å²) < 4.78 is 26.8. The van der Waals surface area contributed by atoms with Crippen molar-refractivity contribution in [2.45, 2.75) is 32.3 Å². The van der Waals surface area contributed by atoms with Gasteiger partial charge in [-0.3, -0.25) is 0 Å². The van der Waals surface area contributed by atoms with E-state index >= 15 is 0 Å². The summed E-state index contributed by atoms with van der Waals surface area (Å²) in [7, 11) is 0. The maximum atomic E-state index is 13.6. The van der Waals surface area contributed by atoms with Crippen LogP contribution in [0.2, 0.25) is 5.02 Å². The molecule has 0 radical (unpaired) electrons. The molecule has 0 amide bonds. The Morgan fingerprint density at radius 1 is 1.44 bits per heavy atom. The van der Waals surface area contributed by atoms with Crippen LogP contribution < -0.4 is 0 Å². The third-order valence-corrected chi connectivity index (χ3v) is 3.50. The predicted molar refractivity (Wildman–Crippen MR) is 58.4 cm³/mol. The second-order valence-electron chi connectivity index (χ2n) is 4.44. The highest BCUT2D eigenvalue weighted by molar-refractivity contribution is 6.31. The second-order valence-corrected chi connectivity index (χ2v) is 4.85. The van der Waals surface area contributed by atoms with Gasteiger partial charge in [-0.1, -0.05) is 18.5 Å². The Balaban J connectivity index is 2.59. The van der Waals surface area contributed by atoms with E-state index in [2.05, 4.69) is 0 Å². The molecule has 16 heavy (non-hydrogen) atoms. The maximum absolute atomic E-state index is 13.6. The highest BCUT2D eigenvalue weighted by Crippen LogP contribution is 2.37. The number of halogens is 3. The molecule has 0 spiro atoms. The average Bonchev–Trinajstić information content (AvgIpc) is 2.34. The second kappa shape index (κ2) is 4.30. The Bertz CT molecular complexity index is 420. The van der Waals surface area contributed by atoms with Gasteiger partial charge in [0, 0.05) is 10.6 Å². The Hall–Kier alpha value is -0.670. The van der Waals surface area contributed by atoms with Gasteiger partial charge in [0.05, 0.1) is 6.10 Å². The third kappa shape index (κ3) is 1.94. The van der Waals surface area contributed by atoms with E-state index in [1.807, 2.05) is 6.92 Å². The number of aliphatic hydroxyl groups excluding tert-OH is 1. The molecule has 1 N–H and O–H groups in total. The summed E-state index contributed by atoms with van der Waals surface area (Å²) in [6, 6.07) is 0.985. The van der Waals surface area contributed by atoms with Crippen molar-refractivity contribution in [3.8, 4) is 0 Å². The zero-order valence-corrected chi connectivity index (χ0v) is 9.69. The average molecular weight is 247 g/mol. The van der Waals surface area contributed by atoms with Crippen LogP contribution in [-0.2, 0) is 6.42 Å². The summed E-state index contributed by atoms with van der Waals surface area (Å²) in [4.78, 5) is 0. The van der Waals surface area contributed by atoms with Gasteiger partial charge in [0.15, 0.2) is 11.6 Å². The summed E-state index contributed by atoms with van der Waals surface area (Å²) in [5, 5.41) is 10.1. The molecule has 0 fully saturated rings. The fourth-order valence-electron chi connectivity index (χ4n) is 2.26. The minimum absolute atomic E-state index is 0.0503. The van der Waals surface area contributed by atoms with Crippen molar-refractivity contribution in [1.82, 2.24) is 0 Å². The first-order chi connectivity index (χ1) is 7.50. The summed E-state index contributed by atoms with van der Waals surface area (Å²) in [6.45, 7) is 1.98. The maximum Gasteiger partial charge on any atom is 0.164 e. The molecule has 0 saturated heterocycles. The third-order valence-electron chi connectivity index (χ3n) is 3.16.